The molecule has 9 heteroatoms. The van der Waals surface area contributed by atoms with E-state index in [1.54, 1.807) is 18.3 Å². The Bertz CT molecular complexity index is 660. The van der Waals surface area contributed by atoms with Gasteiger partial charge in [-0.1, -0.05) is 23.9 Å². The molecule has 20 heavy (non-hydrogen) atoms. The molecule has 1 aliphatic heterocycles. The second kappa shape index (κ2) is 4.81. The third kappa shape index (κ3) is 2.49. The van der Waals surface area contributed by atoms with Gasteiger partial charge in [-0.3, -0.25) is 0 Å². The first-order chi connectivity index (χ1) is 9.41. The standard InChI is InChI=1S/C11H5BrF3N3S2/c12-8-5-16-9(20-8)19-7-3-1-6(2-4-7)10(17-18-10)11(13,14)15/h1-5H. The summed E-state index contributed by atoms with van der Waals surface area (Å²) in [6.07, 6.45) is -2.80. The van der Waals surface area contributed by atoms with Crippen LogP contribution in [0.3, 0.4) is 0 Å². The Labute approximate surface area is 128 Å². The van der Waals surface area contributed by atoms with E-state index >= 15 is 0 Å². The van der Waals surface area contributed by atoms with Crippen LogP contribution in [0.2, 0.25) is 0 Å². The minimum Gasteiger partial charge on any atom is -0.237 e. The molecule has 1 aliphatic rings. The number of aromatic nitrogens is 1. The molecule has 3 rings (SSSR count). The first kappa shape index (κ1) is 14.0. The molecule has 0 amide bonds. The lowest BCUT2D eigenvalue weighted by molar-refractivity contribution is -0.166. The van der Waals surface area contributed by atoms with E-state index in [-0.39, 0.29) is 5.56 Å². The fourth-order valence-corrected chi connectivity index (χ4v) is 4.15. The van der Waals surface area contributed by atoms with Gasteiger partial charge < -0.3 is 0 Å². The monoisotopic (exact) mass is 379 g/mol. The third-order valence-electron chi connectivity index (χ3n) is 2.61. The maximum Gasteiger partial charge on any atom is 0.442 e. The maximum atomic E-state index is 12.8. The van der Waals surface area contributed by atoms with Crippen LogP contribution in [0.5, 0.6) is 0 Å². The van der Waals surface area contributed by atoms with Gasteiger partial charge in [0.25, 0.3) is 0 Å². The Morgan fingerprint density at radius 2 is 1.80 bits per heavy atom. The minimum absolute atomic E-state index is 0.0367. The molecule has 0 bridgehead atoms. The van der Waals surface area contributed by atoms with Gasteiger partial charge in [-0.15, -0.1) is 21.6 Å². The van der Waals surface area contributed by atoms with Crippen LogP contribution in [-0.4, -0.2) is 11.2 Å². The van der Waals surface area contributed by atoms with Crippen molar-refractivity contribution < 1.29 is 13.2 Å². The van der Waals surface area contributed by atoms with Gasteiger partial charge in [0.2, 0.25) is 0 Å². The van der Waals surface area contributed by atoms with Crippen LogP contribution in [0.4, 0.5) is 13.2 Å². The van der Waals surface area contributed by atoms with E-state index in [0.29, 0.717) is 0 Å². The van der Waals surface area contributed by atoms with Crippen LogP contribution in [0, 0.1) is 0 Å². The number of nitrogens with zero attached hydrogens (tertiary/aromatic N) is 3. The summed E-state index contributed by atoms with van der Waals surface area (Å²) < 4.78 is 40.2. The van der Waals surface area contributed by atoms with E-state index in [1.807, 2.05) is 0 Å². The van der Waals surface area contributed by atoms with E-state index in [0.717, 1.165) is 13.0 Å². The van der Waals surface area contributed by atoms with Crippen LogP contribution < -0.4 is 0 Å². The second-order valence-corrected chi connectivity index (χ2v) is 7.66. The lowest BCUT2D eigenvalue weighted by Gasteiger charge is -2.14. The largest absolute Gasteiger partial charge is 0.442 e. The summed E-state index contributed by atoms with van der Waals surface area (Å²) >= 11 is 6.16. The third-order valence-corrected chi connectivity index (χ3v) is 5.17. The van der Waals surface area contributed by atoms with Crippen molar-refractivity contribution in [3.63, 3.8) is 0 Å². The number of alkyl halides is 3. The van der Waals surface area contributed by atoms with Crippen molar-refractivity contribution in [3.8, 4) is 0 Å². The fraction of sp³-hybridized carbons (Fsp3) is 0.182. The number of rotatable bonds is 3. The molecule has 0 atom stereocenters. The molecule has 104 valence electrons. The molecule has 1 aromatic heterocycles. The summed E-state index contributed by atoms with van der Waals surface area (Å²) in [7, 11) is 0. The zero-order valence-electron chi connectivity index (χ0n) is 9.56. The van der Waals surface area contributed by atoms with E-state index in [1.165, 1.54) is 35.2 Å². The van der Waals surface area contributed by atoms with Crippen molar-refractivity contribution in [2.75, 3.05) is 0 Å². The highest BCUT2D eigenvalue weighted by Gasteiger charge is 2.65. The zero-order valence-corrected chi connectivity index (χ0v) is 12.8. The lowest BCUT2D eigenvalue weighted by Crippen LogP contribution is -2.29. The first-order valence-electron chi connectivity index (χ1n) is 5.31. The SMILES string of the molecule is FC(F)(F)C1(c2ccc(Sc3ncc(Br)s3)cc2)N=N1. The highest BCUT2D eigenvalue weighted by atomic mass is 79.9. The van der Waals surface area contributed by atoms with Gasteiger partial charge in [-0.2, -0.15) is 13.2 Å². The number of benzene rings is 1. The smallest absolute Gasteiger partial charge is 0.237 e. The lowest BCUT2D eigenvalue weighted by atomic mass is 10.0. The molecular weight excluding hydrogens is 375 g/mol. The fourth-order valence-electron chi connectivity index (χ4n) is 1.59. The summed E-state index contributed by atoms with van der Waals surface area (Å²) in [5.41, 5.74) is -2.31. The molecule has 2 aromatic rings. The van der Waals surface area contributed by atoms with Gasteiger partial charge in [0.15, 0.2) is 4.34 Å². The average molecular weight is 380 g/mol. The molecule has 0 saturated carbocycles. The van der Waals surface area contributed by atoms with Crippen molar-refractivity contribution in [2.24, 2.45) is 10.2 Å². The van der Waals surface area contributed by atoms with Gasteiger partial charge in [0, 0.05) is 10.5 Å². The van der Waals surface area contributed by atoms with Crippen LogP contribution in [0.15, 0.2) is 53.7 Å². The number of hydrogen-bond acceptors (Lipinski definition) is 5. The van der Waals surface area contributed by atoms with E-state index in [4.69, 9.17) is 0 Å². The summed E-state index contributed by atoms with van der Waals surface area (Å²) in [6.45, 7) is 0. The Kier molecular flexibility index (Phi) is 3.38. The summed E-state index contributed by atoms with van der Waals surface area (Å²) in [4.78, 5) is 4.96. The minimum atomic E-state index is -4.48. The number of halogens is 4. The summed E-state index contributed by atoms with van der Waals surface area (Å²) in [5, 5.41) is 6.34. The molecule has 0 fully saturated rings. The summed E-state index contributed by atoms with van der Waals surface area (Å²) in [6, 6.07) is 6.04. The molecule has 3 nitrogen and oxygen atoms in total. The van der Waals surface area contributed by atoms with Gasteiger partial charge in [-0.05, 0) is 28.1 Å². The van der Waals surface area contributed by atoms with Crippen molar-refractivity contribution in [3.05, 3.63) is 39.8 Å². The van der Waals surface area contributed by atoms with Crippen LogP contribution >= 0.6 is 39.0 Å². The topological polar surface area (TPSA) is 37.6 Å². The van der Waals surface area contributed by atoms with Gasteiger partial charge in [0.05, 0.1) is 9.98 Å². The predicted octanol–water partition coefficient (Wildman–Crippen LogP) is 5.24. The Hall–Kier alpha value is -0.930. The highest BCUT2D eigenvalue weighted by Crippen LogP contribution is 2.52. The first-order valence-corrected chi connectivity index (χ1v) is 7.74. The van der Waals surface area contributed by atoms with Gasteiger partial charge in [0.1, 0.15) is 0 Å². The molecule has 0 spiro atoms. The molecule has 0 radical (unpaired) electrons. The Morgan fingerprint density at radius 3 is 2.25 bits per heavy atom. The van der Waals surface area contributed by atoms with Crippen molar-refractivity contribution in [1.82, 2.24) is 4.98 Å². The normalized spacial score (nSPS) is 16.4. The average Bonchev–Trinajstić information content (AvgIpc) is 3.10. The Balaban J connectivity index is 1.79. The molecular formula is C11H5BrF3N3S2. The molecule has 0 aliphatic carbocycles. The Morgan fingerprint density at radius 1 is 1.15 bits per heavy atom. The van der Waals surface area contributed by atoms with Crippen molar-refractivity contribution in [1.29, 1.82) is 0 Å². The number of thiazole rings is 1. The molecule has 0 saturated heterocycles. The van der Waals surface area contributed by atoms with Crippen LogP contribution in [0.1, 0.15) is 5.56 Å². The van der Waals surface area contributed by atoms with Crippen LogP contribution in [-0.2, 0) is 5.66 Å². The summed E-state index contributed by atoms with van der Waals surface area (Å²) in [5.74, 6) is 0. The molecule has 2 heterocycles. The van der Waals surface area contributed by atoms with E-state index in [2.05, 4.69) is 31.1 Å². The zero-order chi connectivity index (χ0) is 14.4. The van der Waals surface area contributed by atoms with Gasteiger partial charge in [-0.25, -0.2) is 4.98 Å². The van der Waals surface area contributed by atoms with Crippen molar-refractivity contribution in [2.45, 2.75) is 21.1 Å². The van der Waals surface area contributed by atoms with E-state index < -0.39 is 11.8 Å². The van der Waals surface area contributed by atoms with Crippen LogP contribution in [0.25, 0.3) is 0 Å². The molecule has 1 aromatic carbocycles. The highest BCUT2D eigenvalue weighted by molar-refractivity contribution is 9.11. The maximum absolute atomic E-state index is 12.8. The molecule has 0 N–H and O–H groups in total. The van der Waals surface area contributed by atoms with Crippen molar-refractivity contribution >= 4 is 39.0 Å². The molecule has 0 unspecified atom stereocenters. The van der Waals surface area contributed by atoms with E-state index in [9.17, 15) is 13.2 Å². The predicted molar refractivity (Wildman–Crippen MR) is 73.0 cm³/mol. The number of hydrogen-bond donors (Lipinski definition) is 0. The van der Waals surface area contributed by atoms with Gasteiger partial charge >= 0.3 is 11.8 Å². The second-order valence-electron chi connectivity index (χ2n) is 3.93. The quantitative estimate of drug-likeness (QED) is 0.731.